The minimum absolute atomic E-state index is 0.271. The molecule has 1 aromatic heterocycles. The maximum Gasteiger partial charge on any atom is 0.410 e. The number of nitrogen functional groups attached to an aromatic ring is 1. The van der Waals surface area contributed by atoms with Crippen LogP contribution in [0.3, 0.4) is 0 Å². The van der Waals surface area contributed by atoms with Gasteiger partial charge in [0.15, 0.2) is 5.75 Å². The average molecular weight is 290 g/mol. The Balaban J connectivity index is 2.00. The molecule has 1 amide bonds. The molecule has 0 aliphatic carbocycles. The van der Waals surface area contributed by atoms with E-state index in [0.29, 0.717) is 11.2 Å². The molecule has 1 saturated heterocycles. The van der Waals surface area contributed by atoms with Crippen molar-refractivity contribution in [3.63, 3.8) is 0 Å². The zero-order valence-electron chi connectivity index (χ0n) is 11.6. The fourth-order valence-corrected chi connectivity index (χ4v) is 2.49. The van der Waals surface area contributed by atoms with Crippen molar-refractivity contribution in [3.05, 3.63) is 12.1 Å². The standard InChI is InChI=1S/C13H18N6O2/c14-8-6-9-11(10(7-8)21-12(15)20)18-13(17-9)19-4-1-2-16-3-5-19/h6-7,16H,1-5,14H2,(H2,15,20)(H,17,18). The van der Waals surface area contributed by atoms with Gasteiger partial charge < -0.3 is 31.4 Å². The van der Waals surface area contributed by atoms with Gasteiger partial charge in [-0.05, 0) is 19.0 Å². The van der Waals surface area contributed by atoms with Crippen molar-refractivity contribution >= 4 is 28.8 Å². The van der Waals surface area contributed by atoms with Crippen LogP contribution in [0.5, 0.6) is 5.75 Å². The van der Waals surface area contributed by atoms with Gasteiger partial charge in [0, 0.05) is 31.4 Å². The average Bonchev–Trinajstić information content (AvgIpc) is 2.67. The summed E-state index contributed by atoms with van der Waals surface area (Å²) in [6, 6.07) is 3.30. The van der Waals surface area contributed by atoms with Crippen molar-refractivity contribution in [1.29, 1.82) is 0 Å². The van der Waals surface area contributed by atoms with Crippen LogP contribution < -0.4 is 26.4 Å². The number of nitrogens with zero attached hydrogens (tertiary/aromatic N) is 2. The smallest absolute Gasteiger partial charge is 0.408 e. The molecule has 0 unspecified atom stereocenters. The first kappa shape index (κ1) is 13.5. The Bertz CT molecular complexity index is 660. The Labute approximate surface area is 121 Å². The van der Waals surface area contributed by atoms with Gasteiger partial charge in [-0.15, -0.1) is 0 Å². The van der Waals surface area contributed by atoms with Gasteiger partial charge in [-0.3, -0.25) is 0 Å². The Morgan fingerprint density at radius 2 is 2.19 bits per heavy atom. The molecular formula is C13H18N6O2. The second-order valence-electron chi connectivity index (χ2n) is 4.99. The van der Waals surface area contributed by atoms with Crippen LogP contribution in [0, 0.1) is 0 Å². The second kappa shape index (κ2) is 5.49. The van der Waals surface area contributed by atoms with Crippen LogP contribution in [0.4, 0.5) is 16.4 Å². The molecule has 21 heavy (non-hydrogen) atoms. The minimum atomic E-state index is -0.884. The highest BCUT2D eigenvalue weighted by Crippen LogP contribution is 2.29. The third kappa shape index (κ3) is 2.84. The van der Waals surface area contributed by atoms with E-state index in [9.17, 15) is 4.79 Å². The number of ether oxygens (including phenoxy) is 1. The van der Waals surface area contributed by atoms with Gasteiger partial charge in [0.05, 0.1) is 5.52 Å². The Morgan fingerprint density at radius 1 is 1.33 bits per heavy atom. The summed E-state index contributed by atoms with van der Waals surface area (Å²) in [6.07, 6.45) is 0.162. The number of hydrogen-bond donors (Lipinski definition) is 4. The summed E-state index contributed by atoms with van der Waals surface area (Å²) in [5, 5.41) is 3.34. The van der Waals surface area contributed by atoms with Crippen LogP contribution in [0.15, 0.2) is 12.1 Å². The van der Waals surface area contributed by atoms with E-state index in [1.165, 1.54) is 0 Å². The number of nitrogens with two attached hydrogens (primary N) is 2. The first-order chi connectivity index (χ1) is 10.1. The zero-order chi connectivity index (χ0) is 14.8. The van der Waals surface area contributed by atoms with E-state index >= 15 is 0 Å². The molecule has 6 N–H and O–H groups in total. The van der Waals surface area contributed by atoms with Crippen LogP contribution in [0.2, 0.25) is 0 Å². The summed E-state index contributed by atoms with van der Waals surface area (Å²) in [5.74, 6) is 1.02. The number of carbonyl (C=O) groups is 1. The summed E-state index contributed by atoms with van der Waals surface area (Å²) in [7, 11) is 0. The summed E-state index contributed by atoms with van der Waals surface area (Å²) in [6.45, 7) is 3.68. The monoisotopic (exact) mass is 290 g/mol. The number of hydrogen-bond acceptors (Lipinski definition) is 6. The van der Waals surface area contributed by atoms with Crippen LogP contribution in [0.1, 0.15) is 6.42 Å². The van der Waals surface area contributed by atoms with Gasteiger partial charge in [-0.1, -0.05) is 0 Å². The predicted octanol–water partition coefficient (Wildman–Crippen LogP) is 0.402. The molecule has 112 valence electrons. The van der Waals surface area contributed by atoms with E-state index in [1.54, 1.807) is 12.1 Å². The first-order valence-corrected chi connectivity index (χ1v) is 6.85. The van der Waals surface area contributed by atoms with E-state index in [-0.39, 0.29) is 5.75 Å². The molecule has 1 fully saturated rings. The lowest BCUT2D eigenvalue weighted by atomic mass is 10.2. The van der Waals surface area contributed by atoms with E-state index in [4.69, 9.17) is 16.2 Å². The summed E-state index contributed by atoms with van der Waals surface area (Å²) in [5.41, 5.74) is 12.6. The number of carbonyl (C=O) groups excluding carboxylic acids is 1. The third-order valence-corrected chi connectivity index (χ3v) is 3.41. The van der Waals surface area contributed by atoms with Crippen LogP contribution in [-0.2, 0) is 0 Å². The number of nitrogens with one attached hydrogen (secondary N) is 2. The number of amides is 1. The molecule has 8 nitrogen and oxygen atoms in total. The predicted molar refractivity (Wildman–Crippen MR) is 80.4 cm³/mol. The maximum atomic E-state index is 11.0. The van der Waals surface area contributed by atoms with Gasteiger partial charge in [0.2, 0.25) is 5.95 Å². The Morgan fingerprint density at radius 3 is 3.00 bits per heavy atom. The van der Waals surface area contributed by atoms with Crippen molar-refractivity contribution in [2.75, 3.05) is 36.8 Å². The van der Waals surface area contributed by atoms with Gasteiger partial charge >= 0.3 is 6.09 Å². The molecular weight excluding hydrogens is 272 g/mol. The number of benzene rings is 1. The summed E-state index contributed by atoms with van der Waals surface area (Å²) >= 11 is 0. The molecule has 0 atom stereocenters. The van der Waals surface area contributed by atoms with Gasteiger partial charge in [0.25, 0.3) is 0 Å². The highest BCUT2D eigenvalue weighted by molar-refractivity contribution is 5.89. The lowest BCUT2D eigenvalue weighted by Crippen LogP contribution is -2.28. The molecule has 1 aliphatic heterocycles. The second-order valence-corrected chi connectivity index (χ2v) is 4.99. The Hall–Kier alpha value is -2.48. The molecule has 1 aliphatic rings. The lowest BCUT2D eigenvalue weighted by Gasteiger charge is -2.18. The van der Waals surface area contributed by atoms with Gasteiger partial charge in [-0.25, -0.2) is 9.78 Å². The molecule has 1 aromatic carbocycles. The number of fused-ring (bicyclic) bond motifs is 1. The van der Waals surface area contributed by atoms with E-state index in [0.717, 1.165) is 44.1 Å². The molecule has 0 saturated carbocycles. The number of primary amides is 1. The largest absolute Gasteiger partial charge is 0.410 e. The molecule has 0 spiro atoms. The zero-order valence-corrected chi connectivity index (χ0v) is 11.6. The molecule has 2 heterocycles. The van der Waals surface area contributed by atoms with Gasteiger partial charge in [0.1, 0.15) is 5.52 Å². The number of aromatic amines is 1. The molecule has 8 heteroatoms. The van der Waals surface area contributed by atoms with Gasteiger partial charge in [-0.2, -0.15) is 0 Å². The van der Waals surface area contributed by atoms with E-state index in [1.807, 2.05) is 0 Å². The van der Waals surface area contributed by atoms with Crippen molar-refractivity contribution in [2.24, 2.45) is 5.73 Å². The normalized spacial score (nSPS) is 15.9. The molecule has 0 bridgehead atoms. The van der Waals surface area contributed by atoms with Crippen LogP contribution >= 0.6 is 0 Å². The van der Waals surface area contributed by atoms with E-state index < -0.39 is 6.09 Å². The number of H-pyrrole nitrogens is 1. The van der Waals surface area contributed by atoms with Crippen molar-refractivity contribution < 1.29 is 9.53 Å². The number of anilines is 2. The molecule has 2 aromatic rings. The minimum Gasteiger partial charge on any atom is -0.408 e. The maximum absolute atomic E-state index is 11.0. The Kier molecular flexibility index (Phi) is 3.53. The topological polar surface area (TPSA) is 122 Å². The highest BCUT2D eigenvalue weighted by Gasteiger charge is 2.17. The fraction of sp³-hybridized carbons (Fsp3) is 0.385. The number of aromatic nitrogens is 2. The SMILES string of the molecule is NC(=O)Oc1cc(N)cc2[nH]c(N3CCCNCC3)nc12. The third-order valence-electron chi connectivity index (χ3n) is 3.41. The first-order valence-electron chi connectivity index (χ1n) is 6.85. The van der Waals surface area contributed by atoms with Crippen molar-refractivity contribution in [2.45, 2.75) is 6.42 Å². The quantitative estimate of drug-likeness (QED) is 0.594. The molecule has 0 radical (unpaired) electrons. The highest BCUT2D eigenvalue weighted by atomic mass is 16.5. The van der Waals surface area contributed by atoms with E-state index in [2.05, 4.69) is 20.2 Å². The summed E-state index contributed by atoms with van der Waals surface area (Å²) < 4.78 is 4.98. The van der Waals surface area contributed by atoms with Crippen LogP contribution in [-0.4, -0.2) is 42.2 Å². The fourth-order valence-electron chi connectivity index (χ4n) is 2.49. The summed E-state index contributed by atoms with van der Waals surface area (Å²) in [4.78, 5) is 20.9. The number of imidazole rings is 1. The van der Waals surface area contributed by atoms with Crippen molar-refractivity contribution in [1.82, 2.24) is 15.3 Å². The van der Waals surface area contributed by atoms with Crippen molar-refractivity contribution in [3.8, 4) is 5.75 Å². The molecule has 3 rings (SSSR count). The lowest BCUT2D eigenvalue weighted by molar-refractivity contribution is 0.211. The number of rotatable bonds is 2. The van der Waals surface area contributed by atoms with Crippen LogP contribution in [0.25, 0.3) is 11.0 Å².